The molecular formula is C13H17BrO4. The van der Waals surface area contributed by atoms with Crippen molar-refractivity contribution in [2.75, 3.05) is 27.4 Å². The van der Waals surface area contributed by atoms with Gasteiger partial charge in [-0.25, -0.2) is 0 Å². The summed E-state index contributed by atoms with van der Waals surface area (Å²) < 4.78 is 16.6. The maximum atomic E-state index is 10.4. The van der Waals surface area contributed by atoms with Gasteiger partial charge in [0.15, 0.2) is 11.5 Å². The van der Waals surface area contributed by atoms with Crippen molar-refractivity contribution >= 4 is 15.9 Å². The van der Waals surface area contributed by atoms with Gasteiger partial charge in [-0.15, -0.1) is 0 Å². The van der Waals surface area contributed by atoms with Crippen molar-refractivity contribution in [3.8, 4) is 11.5 Å². The maximum absolute atomic E-state index is 10.4. The largest absolute Gasteiger partial charge is 0.493 e. The summed E-state index contributed by atoms with van der Waals surface area (Å²) in [6.45, 7) is 1.31. The Morgan fingerprint density at radius 1 is 1.33 bits per heavy atom. The molecule has 1 N–H and O–H groups in total. The van der Waals surface area contributed by atoms with Gasteiger partial charge in [-0.05, 0) is 24.1 Å². The van der Waals surface area contributed by atoms with E-state index in [2.05, 4.69) is 15.9 Å². The Kier molecular flexibility index (Phi) is 4.48. The minimum Gasteiger partial charge on any atom is -0.493 e. The average Bonchev–Trinajstić information content (AvgIpc) is 2.91. The zero-order chi connectivity index (χ0) is 13.1. The van der Waals surface area contributed by atoms with E-state index in [9.17, 15) is 5.11 Å². The van der Waals surface area contributed by atoms with E-state index in [1.54, 1.807) is 14.2 Å². The summed E-state index contributed by atoms with van der Waals surface area (Å²) in [5, 5.41) is 10.4. The summed E-state index contributed by atoms with van der Waals surface area (Å²) in [6, 6.07) is 3.62. The van der Waals surface area contributed by atoms with Gasteiger partial charge in [-0.3, -0.25) is 0 Å². The van der Waals surface area contributed by atoms with Crippen molar-refractivity contribution in [3.63, 3.8) is 0 Å². The molecule has 18 heavy (non-hydrogen) atoms. The van der Waals surface area contributed by atoms with Crippen LogP contribution in [-0.2, 0) is 4.74 Å². The number of aliphatic hydroxyl groups excluding tert-OH is 1. The molecule has 0 saturated carbocycles. The van der Waals surface area contributed by atoms with Crippen molar-refractivity contribution in [2.45, 2.75) is 12.5 Å². The molecule has 2 atom stereocenters. The molecule has 1 aliphatic heterocycles. The molecular weight excluding hydrogens is 300 g/mol. The molecule has 0 bridgehead atoms. The second kappa shape index (κ2) is 5.91. The van der Waals surface area contributed by atoms with Crippen LogP contribution in [0.25, 0.3) is 0 Å². The number of aliphatic hydroxyl groups is 1. The molecule has 0 spiro atoms. The third-order valence-corrected chi connectivity index (χ3v) is 3.92. The van der Waals surface area contributed by atoms with Crippen LogP contribution in [0.4, 0.5) is 0 Å². The van der Waals surface area contributed by atoms with E-state index in [1.165, 1.54) is 0 Å². The van der Waals surface area contributed by atoms with Crippen molar-refractivity contribution < 1.29 is 19.3 Å². The summed E-state index contributed by atoms with van der Waals surface area (Å²) in [4.78, 5) is 0. The molecule has 1 fully saturated rings. The number of hydrogen-bond acceptors (Lipinski definition) is 4. The number of hydrogen-bond donors (Lipinski definition) is 1. The third kappa shape index (κ3) is 2.63. The molecule has 0 amide bonds. The van der Waals surface area contributed by atoms with Crippen LogP contribution >= 0.6 is 15.9 Å². The lowest BCUT2D eigenvalue weighted by atomic mass is 9.95. The number of methoxy groups -OCH3 is 2. The first kappa shape index (κ1) is 13.6. The highest BCUT2D eigenvalue weighted by Crippen LogP contribution is 2.39. The fourth-order valence-corrected chi connectivity index (χ4v) is 2.71. The topological polar surface area (TPSA) is 47.9 Å². The minimum absolute atomic E-state index is 0.138. The van der Waals surface area contributed by atoms with Gasteiger partial charge in [-0.2, -0.15) is 0 Å². The summed E-state index contributed by atoms with van der Waals surface area (Å²) in [5.74, 6) is 1.40. The van der Waals surface area contributed by atoms with Crippen LogP contribution < -0.4 is 9.47 Å². The van der Waals surface area contributed by atoms with E-state index in [-0.39, 0.29) is 5.92 Å². The lowest BCUT2D eigenvalue weighted by molar-refractivity contribution is 0.0910. The molecule has 0 aromatic heterocycles. The molecule has 0 aliphatic carbocycles. The van der Waals surface area contributed by atoms with Gasteiger partial charge in [0.25, 0.3) is 0 Å². The van der Waals surface area contributed by atoms with E-state index in [0.29, 0.717) is 24.7 Å². The standard InChI is InChI=1S/C13H17BrO4/c1-16-11-5-9(10(14)6-12(11)17-2)13(15)8-3-4-18-7-8/h5-6,8,13,15H,3-4,7H2,1-2H3. The monoisotopic (exact) mass is 316 g/mol. The molecule has 1 aromatic carbocycles. The summed E-state index contributed by atoms with van der Waals surface area (Å²) in [6.07, 6.45) is 0.323. The van der Waals surface area contributed by atoms with Crippen LogP contribution in [0, 0.1) is 5.92 Å². The number of rotatable bonds is 4. The smallest absolute Gasteiger partial charge is 0.161 e. The van der Waals surface area contributed by atoms with Gasteiger partial charge in [0.2, 0.25) is 0 Å². The molecule has 100 valence electrons. The van der Waals surface area contributed by atoms with Gasteiger partial charge in [0.1, 0.15) is 0 Å². The van der Waals surface area contributed by atoms with Crippen LogP contribution in [0.15, 0.2) is 16.6 Å². The second-order valence-electron chi connectivity index (χ2n) is 4.30. The van der Waals surface area contributed by atoms with Crippen molar-refractivity contribution in [1.82, 2.24) is 0 Å². The molecule has 0 radical (unpaired) electrons. The highest BCUT2D eigenvalue weighted by molar-refractivity contribution is 9.10. The average molecular weight is 317 g/mol. The Balaban J connectivity index is 2.31. The summed E-state index contributed by atoms with van der Waals surface area (Å²) in [5.41, 5.74) is 0.808. The van der Waals surface area contributed by atoms with E-state index < -0.39 is 6.10 Å². The number of halogens is 1. The Bertz CT molecular complexity index is 416. The highest BCUT2D eigenvalue weighted by atomic mass is 79.9. The lowest BCUT2D eigenvalue weighted by Crippen LogP contribution is -2.13. The zero-order valence-corrected chi connectivity index (χ0v) is 12.1. The zero-order valence-electron chi connectivity index (χ0n) is 10.5. The van der Waals surface area contributed by atoms with Crippen LogP contribution in [0.5, 0.6) is 11.5 Å². The number of ether oxygens (including phenoxy) is 3. The van der Waals surface area contributed by atoms with Gasteiger partial charge < -0.3 is 19.3 Å². The van der Waals surface area contributed by atoms with Gasteiger partial charge >= 0.3 is 0 Å². The van der Waals surface area contributed by atoms with Crippen molar-refractivity contribution in [2.24, 2.45) is 5.92 Å². The first-order valence-corrected chi connectivity index (χ1v) is 6.64. The first-order chi connectivity index (χ1) is 8.67. The molecule has 2 rings (SSSR count). The quantitative estimate of drug-likeness (QED) is 0.927. The first-order valence-electron chi connectivity index (χ1n) is 5.84. The van der Waals surface area contributed by atoms with E-state index >= 15 is 0 Å². The molecule has 1 aromatic rings. The van der Waals surface area contributed by atoms with E-state index in [4.69, 9.17) is 14.2 Å². The fraction of sp³-hybridized carbons (Fsp3) is 0.538. The summed E-state index contributed by atoms with van der Waals surface area (Å²) >= 11 is 3.46. The molecule has 5 heteroatoms. The van der Waals surface area contributed by atoms with Crippen molar-refractivity contribution in [1.29, 1.82) is 0 Å². The molecule has 1 saturated heterocycles. The van der Waals surface area contributed by atoms with Crippen LogP contribution in [0.2, 0.25) is 0 Å². The predicted octanol–water partition coefficient (Wildman–Crippen LogP) is 2.54. The van der Waals surface area contributed by atoms with Crippen LogP contribution in [0.3, 0.4) is 0 Å². The normalized spacial score (nSPS) is 20.8. The van der Waals surface area contributed by atoms with Gasteiger partial charge in [-0.1, -0.05) is 15.9 Å². The Morgan fingerprint density at radius 2 is 2.00 bits per heavy atom. The van der Waals surface area contributed by atoms with Crippen LogP contribution in [0.1, 0.15) is 18.1 Å². The Labute approximate surface area is 115 Å². The van der Waals surface area contributed by atoms with Crippen molar-refractivity contribution in [3.05, 3.63) is 22.2 Å². The van der Waals surface area contributed by atoms with Crippen LogP contribution in [-0.4, -0.2) is 32.5 Å². The van der Waals surface area contributed by atoms with Gasteiger partial charge in [0, 0.05) is 17.0 Å². The highest BCUT2D eigenvalue weighted by Gasteiger charge is 2.27. The van der Waals surface area contributed by atoms with Gasteiger partial charge in [0.05, 0.1) is 26.9 Å². The number of benzene rings is 1. The second-order valence-corrected chi connectivity index (χ2v) is 5.15. The summed E-state index contributed by atoms with van der Waals surface area (Å²) in [7, 11) is 3.17. The Hall–Kier alpha value is -0.780. The molecule has 4 nitrogen and oxygen atoms in total. The SMILES string of the molecule is COc1cc(Br)c(C(O)C2CCOC2)cc1OC. The minimum atomic E-state index is -0.554. The molecule has 1 heterocycles. The van der Waals surface area contributed by atoms with E-state index in [0.717, 1.165) is 16.5 Å². The van der Waals surface area contributed by atoms with E-state index in [1.807, 2.05) is 12.1 Å². The fourth-order valence-electron chi connectivity index (χ4n) is 2.15. The maximum Gasteiger partial charge on any atom is 0.161 e. The molecule has 2 unspecified atom stereocenters. The molecule has 1 aliphatic rings. The Morgan fingerprint density at radius 3 is 2.56 bits per heavy atom. The third-order valence-electron chi connectivity index (χ3n) is 3.23. The lowest BCUT2D eigenvalue weighted by Gasteiger charge is -2.20. The predicted molar refractivity (Wildman–Crippen MR) is 71.1 cm³/mol.